The highest BCUT2D eigenvalue weighted by molar-refractivity contribution is 7.84. The molecule has 9 nitrogen and oxygen atoms in total. The lowest BCUT2D eigenvalue weighted by Crippen LogP contribution is -2.40. The number of hydrogen-bond donors (Lipinski definition) is 0. The fraction of sp³-hybridized carbons (Fsp3) is 0.208. The smallest absolute Gasteiger partial charge is 0.254 e. The highest BCUT2D eigenvalue weighted by atomic mass is 32.2. The molecule has 5 rings (SSSR count). The number of benzene rings is 1. The van der Waals surface area contributed by atoms with Crippen LogP contribution in [-0.2, 0) is 15.5 Å². The number of pyridine rings is 1. The summed E-state index contributed by atoms with van der Waals surface area (Å²) in [6, 6.07) is 10.8. The van der Waals surface area contributed by atoms with Gasteiger partial charge in [0, 0.05) is 60.6 Å². The average molecular weight is 473 g/mol. The molecule has 1 unspecified atom stereocenters. The van der Waals surface area contributed by atoms with Crippen molar-refractivity contribution in [1.29, 1.82) is 5.26 Å². The summed E-state index contributed by atoms with van der Waals surface area (Å²) in [7, 11) is -1.24. The molecule has 0 aliphatic carbocycles. The van der Waals surface area contributed by atoms with Crippen molar-refractivity contribution in [1.82, 2.24) is 24.4 Å². The molecule has 1 aromatic carbocycles. The van der Waals surface area contributed by atoms with Gasteiger partial charge in [-0.1, -0.05) is 6.07 Å². The predicted molar refractivity (Wildman–Crippen MR) is 126 cm³/mol. The molecule has 34 heavy (non-hydrogen) atoms. The first-order valence-electron chi connectivity index (χ1n) is 10.6. The van der Waals surface area contributed by atoms with Crippen LogP contribution in [0, 0.1) is 11.3 Å². The van der Waals surface area contributed by atoms with Crippen LogP contribution in [0.3, 0.4) is 0 Å². The van der Waals surface area contributed by atoms with Crippen molar-refractivity contribution >= 4 is 27.6 Å². The molecule has 0 spiro atoms. The second kappa shape index (κ2) is 9.13. The van der Waals surface area contributed by atoms with Crippen LogP contribution in [-0.4, -0.2) is 67.1 Å². The molecule has 0 radical (unpaired) electrons. The molecule has 1 amide bonds. The first kappa shape index (κ1) is 21.9. The monoisotopic (exact) mass is 472 g/mol. The molecule has 1 saturated heterocycles. The van der Waals surface area contributed by atoms with Crippen molar-refractivity contribution < 1.29 is 13.7 Å². The number of nitrogens with zero attached hydrogens (tertiary/aromatic N) is 6. The standard InChI is InChI=1S/C24H20N6O3S/c1-34(32)22-15-30(24-27-13-18(14-28-24)20-10-16(12-25)4-5-26-20)21-11-17(2-3-19(21)22)23(31)29-6-8-33-9-7-29/h2-5,10-11,13-15H,6-9H2,1H3. The predicted octanol–water partition coefficient (Wildman–Crippen LogP) is 2.56. The minimum absolute atomic E-state index is 0.0724. The van der Waals surface area contributed by atoms with Gasteiger partial charge >= 0.3 is 0 Å². The summed E-state index contributed by atoms with van der Waals surface area (Å²) in [5.41, 5.74) is 2.99. The van der Waals surface area contributed by atoms with Gasteiger partial charge in [0.2, 0.25) is 5.95 Å². The zero-order valence-electron chi connectivity index (χ0n) is 18.3. The lowest BCUT2D eigenvalue weighted by Gasteiger charge is -2.26. The van der Waals surface area contributed by atoms with Crippen molar-refractivity contribution in [3.63, 3.8) is 0 Å². The molecule has 10 heteroatoms. The van der Waals surface area contributed by atoms with Crippen LogP contribution in [0.4, 0.5) is 0 Å². The first-order valence-corrected chi connectivity index (χ1v) is 12.2. The van der Waals surface area contributed by atoms with E-state index in [-0.39, 0.29) is 5.91 Å². The van der Waals surface area contributed by atoms with Gasteiger partial charge in [0.25, 0.3) is 5.91 Å². The summed E-state index contributed by atoms with van der Waals surface area (Å²) < 4.78 is 19.5. The zero-order valence-corrected chi connectivity index (χ0v) is 19.2. The molecular formula is C24H20N6O3S. The van der Waals surface area contributed by atoms with Crippen molar-refractivity contribution in [2.45, 2.75) is 4.90 Å². The fourth-order valence-electron chi connectivity index (χ4n) is 3.91. The number of amides is 1. The zero-order chi connectivity index (χ0) is 23.7. The molecule has 0 N–H and O–H groups in total. The average Bonchev–Trinajstić information content (AvgIpc) is 3.28. The first-order chi connectivity index (χ1) is 16.5. The Bertz CT molecular complexity index is 1450. The maximum absolute atomic E-state index is 13.0. The summed E-state index contributed by atoms with van der Waals surface area (Å²) in [6.45, 7) is 2.15. The Balaban J connectivity index is 1.56. The van der Waals surface area contributed by atoms with Crippen molar-refractivity contribution in [3.8, 4) is 23.3 Å². The van der Waals surface area contributed by atoms with Gasteiger partial charge in [-0.05, 0) is 24.3 Å². The quantitative estimate of drug-likeness (QED) is 0.448. The molecule has 1 aliphatic heterocycles. The lowest BCUT2D eigenvalue weighted by molar-refractivity contribution is 0.0303. The van der Waals surface area contributed by atoms with E-state index in [9.17, 15) is 9.00 Å². The van der Waals surface area contributed by atoms with E-state index in [4.69, 9.17) is 10.00 Å². The topological polar surface area (TPSA) is 114 Å². The molecule has 1 atom stereocenters. The van der Waals surface area contributed by atoms with Crippen molar-refractivity contribution in [3.05, 3.63) is 66.2 Å². The normalized spacial score (nSPS) is 14.6. The molecule has 4 aromatic rings. The molecule has 170 valence electrons. The second-order valence-electron chi connectivity index (χ2n) is 7.77. The molecule has 3 aromatic heterocycles. The van der Waals surface area contributed by atoms with E-state index >= 15 is 0 Å². The third-order valence-electron chi connectivity index (χ3n) is 5.66. The SMILES string of the molecule is CS(=O)c1cn(-c2ncc(-c3cc(C#N)ccn3)cn2)c2cc(C(=O)N3CCOCC3)ccc12. The third kappa shape index (κ3) is 4.07. The van der Waals surface area contributed by atoms with Gasteiger partial charge in [-0.15, -0.1) is 0 Å². The number of nitriles is 1. The number of ether oxygens (including phenoxy) is 1. The van der Waals surface area contributed by atoms with E-state index in [0.29, 0.717) is 65.0 Å². The van der Waals surface area contributed by atoms with Crippen LogP contribution in [0.15, 0.2) is 60.0 Å². The van der Waals surface area contributed by atoms with E-state index in [1.54, 1.807) is 64.8 Å². The summed E-state index contributed by atoms with van der Waals surface area (Å²) in [5, 5.41) is 9.90. The van der Waals surface area contributed by atoms with Crippen LogP contribution in [0.25, 0.3) is 28.1 Å². The van der Waals surface area contributed by atoms with Crippen molar-refractivity contribution in [2.75, 3.05) is 32.6 Å². The Morgan fingerprint density at radius 2 is 1.88 bits per heavy atom. The van der Waals surface area contributed by atoms with Crippen LogP contribution >= 0.6 is 0 Å². The number of aromatic nitrogens is 4. The van der Waals surface area contributed by atoms with E-state index in [1.807, 2.05) is 6.07 Å². The largest absolute Gasteiger partial charge is 0.378 e. The second-order valence-corrected chi connectivity index (χ2v) is 9.12. The van der Waals surface area contributed by atoms with Gasteiger partial charge in [0.1, 0.15) is 0 Å². The highest BCUT2D eigenvalue weighted by Crippen LogP contribution is 2.28. The van der Waals surface area contributed by atoms with Crippen LogP contribution in [0.5, 0.6) is 0 Å². The third-order valence-corrected chi connectivity index (χ3v) is 6.61. The highest BCUT2D eigenvalue weighted by Gasteiger charge is 2.21. The Morgan fingerprint density at radius 1 is 1.12 bits per heavy atom. The van der Waals surface area contributed by atoms with Gasteiger partial charge < -0.3 is 9.64 Å². The summed E-state index contributed by atoms with van der Waals surface area (Å²) >= 11 is 0. The van der Waals surface area contributed by atoms with Crippen LogP contribution in [0.1, 0.15) is 15.9 Å². The number of carbonyl (C=O) groups is 1. The number of hydrogen-bond acceptors (Lipinski definition) is 7. The minimum atomic E-state index is -1.24. The number of fused-ring (bicyclic) bond motifs is 1. The van der Waals surface area contributed by atoms with Gasteiger partial charge in [-0.2, -0.15) is 5.26 Å². The summed E-state index contributed by atoms with van der Waals surface area (Å²) in [4.78, 5) is 28.7. The minimum Gasteiger partial charge on any atom is -0.378 e. The Kier molecular flexibility index (Phi) is 5.88. The number of morpholine rings is 1. The van der Waals surface area contributed by atoms with E-state index in [2.05, 4.69) is 21.0 Å². The molecule has 0 saturated carbocycles. The van der Waals surface area contributed by atoms with Gasteiger partial charge in [0.05, 0.1) is 51.8 Å². The molecule has 1 fully saturated rings. The maximum Gasteiger partial charge on any atom is 0.254 e. The fourth-order valence-corrected chi connectivity index (χ4v) is 4.64. The van der Waals surface area contributed by atoms with Crippen molar-refractivity contribution in [2.24, 2.45) is 0 Å². The lowest BCUT2D eigenvalue weighted by atomic mass is 10.1. The van der Waals surface area contributed by atoms with E-state index < -0.39 is 10.8 Å². The number of rotatable bonds is 4. The summed E-state index contributed by atoms with van der Waals surface area (Å²) in [5.74, 6) is 0.301. The van der Waals surface area contributed by atoms with Gasteiger partial charge in [-0.25, -0.2) is 9.97 Å². The van der Waals surface area contributed by atoms with Crippen LogP contribution in [0.2, 0.25) is 0 Å². The van der Waals surface area contributed by atoms with Gasteiger partial charge in [0.15, 0.2) is 0 Å². The summed E-state index contributed by atoms with van der Waals surface area (Å²) in [6.07, 6.45) is 8.18. The van der Waals surface area contributed by atoms with E-state index in [1.165, 1.54) is 0 Å². The molecule has 0 bridgehead atoms. The van der Waals surface area contributed by atoms with Gasteiger partial charge in [-0.3, -0.25) is 18.6 Å². The molecular weight excluding hydrogens is 452 g/mol. The Morgan fingerprint density at radius 3 is 2.59 bits per heavy atom. The maximum atomic E-state index is 13.0. The van der Waals surface area contributed by atoms with Crippen LogP contribution < -0.4 is 0 Å². The van der Waals surface area contributed by atoms with E-state index in [0.717, 1.165) is 5.39 Å². The molecule has 4 heterocycles. The molecule has 1 aliphatic rings. The Hall–Kier alpha value is -3.94. The number of carbonyl (C=O) groups excluding carboxylic acids is 1. The Labute approximate surface area is 198 Å².